The third-order valence-electron chi connectivity index (χ3n) is 2.79. The minimum absolute atomic E-state index is 0.149. The molecule has 1 aliphatic rings. The molecule has 1 aromatic heterocycles. The van der Waals surface area contributed by atoms with E-state index >= 15 is 0 Å². The number of hydrogen-bond donors (Lipinski definition) is 1. The lowest BCUT2D eigenvalue weighted by Gasteiger charge is -2.20. The van der Waals surface area contributed by atoms with Crippen LogP contribution in [0.25, 0.3) is 0 Å². The minimum Gasteiger partial charge on any atom is -0.368 e. The van der Waals surface area contributed by atoms with E-state index in [0.717, 1.165) is 19.5 Å². The Hall–Kier alpha value is -1.14. The molecule has 16 heavy (non-hydrogen) atoms. The Bertz CT molecular complexity index is 362. The summed E-state index contributed by atoms with van der Waals surface area (Å²) in [6.07, 6.45) is 1.09. The summed E-state index contributed by atoms with van der Waals surface area (Å²) in [6, 6.07) is 0.525. The van der Waals surface area contributed by atoms with Crippen LogP contribution in [0.2, 0.25) is 5.28 Å². The molecular formula is C9H15ClN6. The molecule has 2 N–H and O–H groups in total. The first-order chi connectivity index (χ1) is 7.56. The number of nitrogens with two attached hydrogens (primary N) is 1. The lowest BCUT2D eigenvalue weighted by atomic mass is 10.2. The summed E-state index contributed by atoms with van der Waals surface area (Å²) in [5, 5.41) is 0.149. The molecule has 1 aliphatic heterocycles. The van der Waals surface area contributed by atoms with E-state index in [-0.39, 0.29) is 11.2 Å². The topological polar surface area (TPSA) is 71.2 Å². The zero-order valence-electron chi connectivity index (χ0n) is 9.39. The predicted octanol–water partition coefficient (Wildman–Crippen LogP) is 0.248. The van der Waals surface area contributed by atoms with Crippen molar-refractivity contribution in [3.63, 3.8) is 0 Å². The zero-order chi connectivity index (χ0) is 11.7. The summed E-state index contributed by atoms with van der Waals surface area (Å²) in [6.45, 7) is 1.81. The summed E-state index contributed by atoms with van der Waals surface area (Å²) < 4.78 is 0. The van der Waals surface area contributed by atoms with Crippen molar-refractivity contribution in [3.8, 4) is 0 Å². The monoisotopic (exact) mass is 242 g/mol. The number of rotatable bonds is 2. The van der Waals surface area contributed by atoms with Gasteiger partial charge in [-0.25, -0.2) is 0 Å². The molecule has 0 aliphatic carbocycles. The average Bonchev–Trinajstić information content (AvgIpc) is 2.64. The summed E-state index contributed by atoms with van der Waals surface area (Å²) in [5.41, 5.74) is 5.54. The molecule has 1 unspecified atom stereocenters. The first-order valence-corrected chi connectivity index (χ1v) is 5.52. The van der Waals surface area contributed by atoms with Crippen molar-refractivity contribution in [2.75, 3.05) is 37.8 Å². The zero-order valence-corrected chi connectivity index (χ0v) is 10.1. The molecule has 0 spiro atoms. The molecule has 0 saturated carbocycles. The third kappa shape index (κ3) is 2.33. The highest BCUT2D eigenvalue weighted by atomic mass is 35.5. The van der Waals surface area contributed by atoms with E-state index in [9.17, 15) is 0 Å². The lowest BCUT2D eigenvalue weighted by Crippen LogP contribution is -2.32. The quantitative estimate of drug-likeness (QED) is 0.802. The SMILES string of the molecule is CN(C)C1CCN(c2nc(N)nc(Cl)n2)C1. The van der Waals surface area contributed by atoms with Gasteiger partial charge >= 0.3 is 0 Å². The van der Waals surface area contributed by atoms with Gasteiger partial charge in [-0.1, -0.05) is 0 Å². The number of nitrogens with zero attached hydrogens (tertiary/aromatic N) is 5. The van der Waals surface area contributed by atoms with Crippen LogP contribution in [-0.4, -0.2) is 53.1 Å². The molecule has 88 valence electrons. The second kappa shape index (κ2) is 4.39. The van der Waals surface area contributed by atoms with Crippen molar-refractivity contribution in [2.45, 2.75) is 12.5 Å². The Labute approximate surface area is 99.4 Å². The maximum Gasteiger partial charge on any atom is 0.231 e. The molecular weight excluding hydrogens is 228 g/mol. The van der Waals surface area contributed by atoms with Crippen LogP contribution in [0.4, 0.5) is 11.9 Å². The van der Waals surface area contributed by atoms with Crippen LogP contribution >= 0.6 is 11.6 Å². The van der Waals surface area contributed by atoms with Crippen LogP contribution in [-0.2, 0) is 0 Å². The van der Waals surface area contributed by atoms with Gasteiger partial charge in [0.05, 0.1) is 0 Å². The molecule has 1 atom stereocenters. The Morgan fingerprint density at radius 2 is 2.12 bits per heavy atom. The summed E-state index contributed by atoms with van der Waals surface area (Å²) in [5.74, 6) is 0.741. The molecule has 0 amide bonds. The lowest BCUT2D eigenvalue weighted by molar-refractivity contribution is 0.315. The van der Waals surface area contributed by atoms with Crippen molar-refractivity contribution in [2.24, 2.45) is 0 Å². The summed E-state index contributed by atoms with van der Waals surface area (Å²) in [7, 11) is 4.14. The fourth-order valence-corrected chi connectivity index (χ4v) is 2.00. The van der Waals surface area contributed by atoms with Crippen molar-refractivity contribution < 1.29 is 0 Å². The van der Waals surface area contributed by atoms with Crippen molar-refractivity contribution in [3.05, 3.63) is 5.28 Å². The minimum atomic E-state index is 0.149. The first kappa shape index (κ1) is 11.3. The molecule has 7 heteroatoms. The highest BCUT2D eigenvalue weighted by molar-refractivity contribution is 6.28. The fraction of sp³-hybridized carbons (Fsp3) is 0.667. The third-order valence-corrected chi connectivity index (χ3v) is 2.96. The summed E-state index contributed by atoms with van der Waals surface area (Å²) >= 11 is 5.75. The number of anilines is 2. The maximum absolute atomic E-state index is 5.75. The van der Waals surface area contributed by atoms with Gasteiger partial charge in [-0.2, -0.15) is 15.0 Å². The normalized spacial score (nSPS) is 20.8. The average molecular weight is 243 g/mol. The second-order valence-electron chi connectivity index (χ2n) is 4.11. The largest absolute Gasteiger partial charge is 0.368 e. The Balaban J connectivity index is 2.14. The van der Waals surface area contributed by atoms with E-state index in [1.807, 2.05) is 0 Å². The van der Waals surface area contributed by atoms with Crippen molar-refractivity contribution >= 4 is 23.5 Å². The first-order valence-electron chi connectivity index (χ1n) is 5.14. The predicted molar refractivity (Wildman–Crippen MR) is 63.6 cm³/mol. The molecule has 1 fully saturated rings. The molecule has 1 saturated heterocycles. The van der Waals surface area contributed by atoms with E-state index in [0.29, 0.717) is 12.0 Å². The van der Waals surface area contributed by atoms with E-state index in [2.05, 4.69) is 38.8 Å². The van der Waals surface area contributed by atoms with E-state index in [4.69, 9.17) is 17.3 Å². The van der Waals surface area contributed by atoms with Crippen LogP contribution in [0.3, 0.4) is 0 Å². The highest BCUT2D eigenvalue weighted by Crippen LogP contribution is 2.19. The van der Waals surface area contributed by atoms with E-state index in [1.165, 1.54) is 0 Å². The molecule has 2 heterocycles. The second-order valence-corrected chi connectivity index (χ2v) is 4.45. The van der Waals surface area contributed by atoms with Gasteiger partial charge in [0.15, 0.2) is 0 Å². The van der Waals surface area contributed by atoms with Crippen LogP contribution in [0.15, 0.2) is 0 Å². The standard InChI is InChI=1S/C9H15ClN6/c1-15(2)6-3-4-16(5-6)9-13-7(10)12-8(11)14-9/h6H,3-5H2,1-2H3,(H2,11,12,13,14). The molecule has 2 rings (SSSR count). The fourth-order valence-electron chi connectivity index (χ4n) is 1.84. The molecule has 1 aromatic rings. The van der Waals surface area contributed by atoms with Gasteiger partial charge in [-0.15, -0.1) is 0 Å². The maximum atomic E-state index is 5.75. The van der Waals surface area contributed by atoms with E-state index in [1.54, 1.807) is 0 Å². The Morgan fingerprint density at radius 1 is 1.38 bits per heavy atom. The van der Waals surface area contributed by atoms with Crippen molar-refractivity contribution in [1.29, 1.82) is 0 Å². The van der Waals surface area contributed by atoms with Crippen LogP contribution < -0.4 is 10.6 Å². The van der Waals surface area contributed by atoms with Gasteiger partial charge in [0.25, 0.3) is 0 Å². The molecule has 0 bridgehead atoms. The molecule has 6 nitrogen and oxygen atoms in total. The Morgan fingerprint density at radius 3 is 2.69 bits per heavy atom. The van der Waals surface area contributed by atoms with Crippen LogP contribution in [0.5, 0.6) is 0 Å². The van der Waals surface area contributed by atoms with E-state index < -0.39 is 0 Å². The van der Waals surface area contributed by atoms with Crippen molar-refractivity contribution in [1.82, 2.24) is 19.9 Å². The smallest absolute Gasteiger partial charge is 0.231 e. The number of aromatic nitrogens is 3. The van der Waals surface area contributed by atoms with Gasteiger partial charge in [-0.3, -0.25) is 0 Å². The van der Waals surface area contributed by atoms with Gasteiger partial charge < -0.3 is 15.5 Å². The van der Waals surface area contributed by atoms with Crippen LogP contribution in [0, 0.1) is 0 Å². The van der Waals surface area contributed by atoms with Crippen LogP contribution in [0.1, 0.15) is 6.42 Å². The number of likely N-dealkylation sites (N-methyl/N-ethyl adjacent to an activating group) is 1. The van der Waals surface area contributed by atoms with Gasteiger partial charge in [0, 0.05) is 19.1 Å². The van der Waals surface area contributed by atoms with Gasteiger partial charge in [0.1, 0.15) is 0 Å². The number of nitrogen functional groups attached to an aromatic ring is 1. The summed E-state index contributed by atoms with van der Waals surface area (Å²) in [4.78, 5) is 16.2. The number of hydrogen-bond acceptors (Lipinski definition) is 6. The van der Waals surface area contributed by atoms with Gasteiger partial charge in [-0.05, 0) is 32.1 Å². The van der Waals surface area contributed by atoms with Gasteiger partial charge in [0.2, 0.25) is 17.2 Å². The number of halogens is 1. The Kier molecular flexibility index (Phi) is 3.11. The highest BCUT2D eigenvalue weighted by Gasteiger charge is 2.26. The molecule has 0 radical (unpaired) electrons. The molecule has 0 aromatic carbocycles.